The second-order valence-electron chi connectivity index (χ2n) is 4.51. The third kappa shape index (κ3) is 2.51. The Morgan fingerprint density at radius 2 is 1.90 bits per heavy atom. The predicted octanol–water partition coefficient (Wildman–Crippen LogP) is 2.67. The van der Waals surface area contributed by atoms with Gasteiger partial charge in [-0.05, 0) is 30.3 Å². The minimum atomic E-state index is 0.0436. The van der Waals surface area contributed by atoms with E-state index in [1.54, 1.807) is 24.3 Å². The lowest BCUT2D eigenvalue weighted by Crippen LogP contribution is -1.97. The van der Waals surface area contributed by atoms with Crippen molar-refractivity contribution in [1.82, 2.24) is 9.97 Å². The second-order valence-corrected chi connectivity index (χ2v) is 4.51. The summed E-state index contributed by atoms with van der Waals surface area (Å²) in [6.45, 7) is 0. The molecular formula is C15H14N4O2. The van der Waals surface area contributed by atoms with Crippen LogP contribution in [0, 0.1) is 0 Å². The molecule has 1 aromatic heterocycles. The van der Waals surface area contributed by atoms with Crippen LogP contribution in [0.2, 0.25) is 0 Å². The molecule has 0 atom stereocenters. The number of nitrogens with one attached hydrogen (secondary N) is 1. The van der Waals surface area contributed by atoms with Crippen LogP contribution in [0.4, 0.5) is 17.2 Å². The van der Waals surface area contributed by atoms with Crippen molar-refractivity contribution < 1.29 is 9.84 Å². The summed E-state index contributed by atoms with van der Waals surface area (Å²) in [5.74, 6) is 1.04. The van der Waals surface area contributed by atoms with Crippen LogP contribution in [0.3, 0.4) is 0 Å². The molecule has 0 bridgehead atoms. The number of aromatic nitrogens is 2. The van der Waals surface area contributed by atoms with Crippen LogP contribution < -0.4 is 15.8 Å². The Bertz CT molecular complexity index is 788. The largest absolute Gasteiger partial charge is 0.504 e. The van der Waals surface area contributed by atoms with Crippen LogP contribution in [-0.2, 0) is 0 Å². The van der Waals surface area contributed by atoms with Crippen LogP contribution in [0.1, 0.15) is 0 Å². The van der Waals surface area contributed by atoms with Gasteiger partial charge < -0.3 is 20.9 Å². The highest BCUT2D eigenvalue weighted by molar-refractivity contribution is 5.92. The first-order chi connectivity index (χ1) is 10.2. The summed E-state index contributed by atoms with van der Waals surface area (Å²) in [6.07, 6.45) is 1.44. The number of methoxy groups -OCH3 is 1. The van der Waals surface area contributed by atoms with E-state index in [2.05, 4.69) is 15.3 Å². The number of anilines is 3. The Kier molecular flexibility index (Phi) is 3.19. The van der Waals surface area contributed by atoms with Crippen molar-refractivity contribution in [2.45, 2.75) is 0 Å². The number of nitrogens with two attached hydrogens (primary N) is 1. The topological polar surface area (TPSA) is 93.3 Å². The highest BCUT2D eigenvalue weighted by atomic mass is 16.5. The van der Waals surface area contributed by atoms with E-state index in [1.807, 2.05) is 12.1 Å². The number of hydrogen-bond donors (Lipinski definition) is 3. The molecule has 1 heterocycles. The van der Waals surface area contributed by atoms with Gasteiger partial charge >= 0.3 is 0 Å². The Morgan fingerprint density at radius 3 is 2.62 bits per heavy atom. The quantitative estimate of drug-likeness (QED) is 0.639. The first-order valence-corrected chi connectivity index (χ1v) is 6.31. The van der Waals surface area contributed by atoms with E-state index in [9.17, 15) is 5.11 Å². The number of rotatable bonds is 3. The molecule has 0 aliphatic rings. The maximum Gasteiger partial charge on any atom is 0.161 e. The van der Waals surface area contributed by atoms with Gasteiger partial charge in [0.15, 0.2) is 11.5 Å². The zero-order valence-electron chi connectivity index (χ0n) is 11.4. The average Bonchev–Trinajstić information content (AvgIpc) is 2.49. The molecule has 0 saturated heterocycles. The zero-order valence-corrected chi connectivity index (χ0v) is 11.4. The Morgan fingerprint density at radius 1 is 1.14 bits per heavy atom. The van der Waals surface area contributed by atoms with Gasteiger partial charge in [-0.1, -0.05) is 0 Å². The zero-order chi connectivity index (χ0) is 14.8. The number of ether oxygens (including phenoxy) is 1. The van der Waals surface area contributed by atoms with Crippen molar-refractivity contribution in [3.8, 4) is 11.5 Å². The van der Waals surface area contributed by atoms with E-state index in [0.29, 0.717) is 22.8 Å². The molecule has 3 rings (SSSR count). The molecule has 3 aromatic rings. The molecule has 4 N–H and O–H groups in total. The maximum atomic E-state index is 9.80. The third-order valence-electron chi connectivity index (χ3n) is 3.11. The van der Waals surface area contributed by atoms with Crippen LogP contribution in [0.5, 0.6) is 11.5 Å². The number of phenolic OH excluding ortho intramolecular Hbond substituents is 1. The number of aromatic hydroxyl groups is 1. The normalized spacial score (nSPS) is 10.5. The summed E-state index contributed by atoms with van der Waals surface area (Å²) in [5, 5.41) is 13.8. The second kappa shape index (κ2) is 5.16. The van der Waals surface area contributed by atoms with E-state index in [1.165, 1.54) is 13.4 Å². The lowest BCUT2D eigenvalue weighted by Gasteiger charge is -2.10. The van der Waals surface area contributed by atoms with Crippen molar-refractivity contribution in [3.63, 3.8) is 0 Å². The summed E-state index contributed by atoms with van der Waals surface area (Å²) in [4.78, 5) is 8.39. The summed E-state index contributed by atoms with van der Waals surface area (Å²) >= 11 is 0. The summed E-state index contributed by atoms with van der Waals surface area (Å²) in [6, 6.07) is 10.6. The smallest absolute Gasteiger partial charge is 0.161 e. The highest BCUT2D eigenvalue weighted by Gasteiger charge is 2.09. The van der Waals surface area contributed by atoms with E-state index < -0.39 is 0 Å². The molecule has 0 fully saturated rings. The van der Waals surface area contributed by atoms with Gasteiger partial charge in [-0.3, -0.25) is 0 Å². The highest BCUT2D eigenvalue weighted by Crippen LogP contribution is 2.33. The first kappa shape index (κ1) is 13.0. The lowest BCUT2D eigenvalue weighted by molar-refractivity contribution is 0.374. The number of nitrogens with zero attached hydrogens (tertiary/aromatic N) is 2. The van der Waals surface area contributed by atoms with Gasteiger partial charge in [0.2, 0.25) is 0 Å². The SMILES string of the molecule is COc1cc2c(Nc3ccc(N)cc3)ncnc2cc1O. The number of phenols is 1. The van der Waals surface area contributed by atoms with Gasteiger partial charge in [0.25, 0.3) is 0 Å². The fourth-order valence-corrected chi connectivity index (χ4v) is 2.04. The van der Waals surface area contributed by atoms with Crippen LogP contribution in [0.25, 0.3) is 10.9 Å². The first-order valence-electron chi connectivity index (χ1n) is 6.31. The molecule has 0 aliphatic carbocycles. The van der Waals surface area contributed by atoms with Crippen molar-refractivity contribution in [2.75, 3.05) is 18.2 Å². The predicted molar refractivity (Wildman–Crippen MR) is 81.9 cm³/mol. The monoisotopic (exact) mass is 282 g/mol. The number of fused-ring (bicyclic) bond motifs is 1. The van der Waals surface area contributed by atoms with Gasteiger partial charge in [-0.2, -0.15) is 0 Å². The van der Waals surface area contributed by atoms with E-state index in [0.717, 1.165) is 11.1 Å². The molecule has 0 radical (unpaired) electrons. The molecule has 0 saturated carbocycles. The molecule has 2 aromatic carbocycles. The number of hydrogen-bond acceptors (Lipinski definition) is 6. The summed E-state index contributed by atoms with van der Waals surface area (Å²) in [5.41, 5.74) is 7.85. The Labute approximate surface area is 121 Å². The molecule has 0 aliphatic heterocycles. The molecule has 0 spiro atoms. The molecule has 21 heavy (non-hydrogen) atoms. The fraction of sp³-hybridized carbons (Fsp3) is 0.0667. The van der Waals surface area contributed by atoms with Gasteiger partial charge in [0.1, 0.15) is 12.1 Å². The molecule has 0 amide bonds. The maximum absolute atomic E-state index is 9.80. The van der Waals surface area contributed by atoms with Crippen molar-refractivity contribution >= 4 is 28.1 Å². The van der Waals surface area contributed by atoms with Crippen LogP contribution in [-0.4, -0.2) is 22.2 Å². The minimum absolute atomic E-state index is 0.0436. The molecule has 0 unspecified atom stereocenters. The van der Waals surface area contributed by atoms with Crippen molar-refractivity contribution in [3.05, 3.63) is 42.7 Å². The standard InChI is InChI=1S/C15H14N4O2/c1-21-14-6-11-12(7-13(14)20)17-8-18-15(11)19-10-4-2-9(16)3-5-10/h2-8,20H,16H2,1H3,(H,17,18,19). The summed E-state index contributed by atoms with van der Waals surface area (Å²) < 4.78 is 5.12. The fourth-order valence-electron chi connectivity index (χ4n) is 2.04. The Hall–Kier alpha value is -3.02. The molecule has 6 nitrogen and oxygen atoms in total. The lowest BCUT2D eigenvalue weighted by atomic mass is 10.2. The molecule has 106 valence electrons. The average molecular weight is 282 g/mol. The molecule has 6 heteroatoms. The summed E-state index contributed by atoms with van der Waals surface area (Å²) in [7, 11) is 1.50. The van der Waals surface area contributed by atoms with Gasteiger partial charge in [-0.25, -0.2) is 9.97 Å². The molecular weight excluding hydrogens is 268 g/mol. The van der Waals surface area contributed by atoms with Gasteiger partial charge in [0, 0.05) is 22.8 Å². The van der Waals surface area contributed by atoms with Gasteiger partial charge in [0.05, 0.1) is 12.6 Å². The van der Waals surface area contributed by atoms with Crippen molar-refractivity contribution in [2.24, 2.45) is 0 Å². The van der Waals surface area contributed by atoms with E-state index in [-0.39, 0.29) is 5.75 Å². The minimum Gasteiger partial charge on any atom is -0.504 e. The van der Waals surface area contributed by atoms with E-state index in [4.69, 9.17) is 10.5 Å². The number of nitrogen functional groups attached to an aromatic ring is 1. The van der Waals surface area contributed by atoms with Crippen molar-refractivity contribution in [1.29, 1.82) is 0 Å². The number of benzene rings is 2. The third-order valence-corrected chi connectivity index (χ3v) is 3.11. The van der Waals surface area contributed by atoms with Gasteiger partial charge in [-0.15, -0.1) is 0 Å². The van der Waals surface area contributed by atoms with Crippen LogP contribution >= 0.6 is 0 Å². The Balaban J connectivity index is 2.07. The van der Waals surface area contributed by atoms with Crippen LogP contribution in [0.15, 0.2) is 42.7 Å². The van der Waals surface area contributed by atoms with E-state index >= 15 is 0 Å².